The molecule has 2 rings (SSSR count). The van der Waals surface area contributed by atoms with E-state index in [2.05, 4.69) is 20.2 Å². The minimum atomic E-state index is 0.546. The molecule has 0 atom stereocenters. The molecule has 0 bridgehead atoms. The monoisotopic (exact) mass is 291 g/mol. The predicted molar refractivity (Wildman–Crippen MR) is 83.7 cm³/mol. The molecule has 6 heteroatoms. The van der Waals surface area contributed by atoms with Crippen LogP contribution in [0.4, 0.5) is 17.5 Å². The van der Waals surface area contributed by atoms with Gasteiger partial charge in [0.1, 0.15) is 5.82 Å². The van der Waals surface area contributed by atoms with Gasteiger partial charge in [-0.15, -0.1) is 0 Å². The number of rotatable bonds is 6. The molecule has 0 fully saturated rings. The number of nitrogens with zero attached hydrogens (tertiary/aromatic N) is 3. The molecule has 1 heterocycles. The molecule has 0 saturated carbocycles. The second-order valence-corrected chi connectivity index (χ2v) is 4.87. The minimum Gasteiger partial charge on any atom is -0.359 e. The highest BCUT2D eigenvalue weighted by atomic mass is 35.5. The number of halogens is 1. The predicted octanol–water partition coefficient (Wildman–Crippen LogP) is 2.66. The topological polar surface area (TPSA) is 67.1 Å². The average Bonchev–Trinajstić information content (AvgIpc) is 2.45. The van der Waals surface area contributed by atoms with E-state index in [4.69, 9.17) is 17.3 Å². The summed E-state index contributed by atoms with van der Waals surface area (Å²) in [5.41, 5.74) is 6.38. The molecule has 106 valence electrons. The van der Waals surface area contributed by atoms with Crippen LogP contribution in [-0.2, 0) is 0 Å². The zero-order valence-corrected chi connectivity index (χ0v) is 12.1. The van der Waals surface area contributed by atoms with Crippen molar-refractivity contribution in [1.29, 1.82) is 0 Å². The number of hydrogen-bond acceptors (Lipinski definition) is 5. The van der Waals surface area contributed by atoms with E-state index in [1.807, 2.05) is 37.4 Å². The van der Waals surface area contributed by atoms with Gasteiger partial charge in [-0.1, -0.05) is 17.7 Å². The lowest BCUT2D eigenvalue weighted by molar-refractivity contribution is 0.786. The van der Waals surface area contributed by atoms with Gasteiger partial charge in [0.05, 0.1) is 0 Å². The zero-order chi connectivity index (χ0) is 14.4. The quantitative estimate of drug-likeness (QED) is 0.856. The van der Waals surface area contributed by atoms with E-state index in [0.717, 1.165) is 24.5 Å². The van der Waals surface area contributed by atoms with Crippen molar-refractivity contribution < 1.29 is 0 Å². The Bertz CT molecular complexity index is 561. The maximum absolute atomic E-state index is 5.95. The van der Waals surface area contributed by atoms with Gasteiger partial charge in [-0.3, -0.25) is 0 Å². The van der Waals surface area contributed by atoms with Crippen molar-refractivity contribution in [2.75, 3.05) is 30.4 Å². The van der Waals surface area contributed by atoms with Gasteiger partial charge in [0, 0.05) is 30.5 Å². The van der Waals surface area contributed by atoms with Crippen LogP contribution in [-0.4, -0.2) is 30.1 Å². The first-order valence-corrected chi connectivity index (χ1v) is 6.83. The largest absolute Gasteiger partial charge is 0.359 e. The maximum Gasteiger partial charge on any atom is 0.229 e. The highest BCUT2D eigenvalue weighted by Crippen LogP contribution is 2.19. The Morgan fingerprint density at radius 2 is 2.20 bits per heavy atom. The van der Waals surface area contributed by atoms with Crippen LogP contribution in [0, 0.1) is 0 Å². The molecular weight excluding hydrogens is 274 g/mol. The molecule has 20 heavy (non-hydrogen) atoms. The molecule has 1 aromatic heterocycles. The molecule has 0 unspecified atom stereocenters. The third-order valence-corrected chi connectivity index (χ3v) is 3.05. The lowest BCUT2D eigenvalue weighted by Crippen LogP contribution is -2.22. The van der Waals surface area contributed by atoms with Crippen LogP contribution in [0.15, 0.2) is 36.5 Å². The molecule has 2 aromatic rings. The summed E-state index contributed by atoms with van der Waals surface area (Å²) < 4.78 is 0. The normalized spacial score (nSPS) is 10.3. The van der Waals surface area contributed by atoms with E-state index in [9.17, 15) is 0 Å². The lowest BCUT2D eigenvalue weighted by Gasteiger charge is -2.18. The summed E-state index contributed by atoms with van der Waals surface area (Å²) in [5.74, 6) is 1.40. The number of benzene rings is 1. The number of aromatic nitrogens is 2. The molecule has 0 radical (unpaired) electrons. The first kappa shape index (κ1) is 14.6. The van der Waals surface area contributed by atoms with Crippen LogP contribution >= 0.6 is 11.6 Å². The number of anilines is 3. The van der Waals surface area contributed by atoms with Crippen molar-refractivity contribution >= 4 is 29.1 Å². The summed E-state index contributed by atoms with van der Waals surface area (Å²) in [7, 11) is 1.99. The molecule has 0 amide bonds. The third kappa shape index (κ3) is 4.08. The standard InChI is InChI=1S/C14H18ClN5/c1-20(9-3-7-16)13-6-8-17-14(19-13)18-12-5-2-4-11(15)10-12/h2,4-6,8,10H,3,7,9,16H2,1H3,(H,17,18,19). The molecule has 0 saturated heterocycles. The number of nitrogens with one attached hydrogen (secondary N) is 1. The molecule has 3 N–H and O–H groups in total. The highest BCUT2D eigenvalue weighted by molar-refractivity contribution is 6.30. The van der Waals surface area contributed by atoms with Gasteiger partial charge >= 0.3 is 0 Å². The van der Waals surface area contributed by atoms with Crippen LogP contribution in [0.25, 0.3) is 0 Å². The van der Waals surface area contributed by atoms with Gasteiger partial charge < -0.3 is 16.0 Å². The fourth-order valence-corrected chi connectivity index (χ4v) is 1.95. The Morgan fingerprint density at radius 1 is 1.35 bits per heavy atom. The molecule has 0 spiro atoms. The first-order chi connectivity index (χ1) is 9.69. The molecular formula is C14H18ClN5. The van der Waals surface area contributed by atoms with Crippen molar-refractivity contribution in [2.24, 2.45) is 5.73 Å². The van der Waals surface area contributed by atoms with E-state index < -0.39 is 0 Å². The first-order valence-electron chi connectivity index (χ1n) is 6.46. The van der Waals surface area contributed by atoms with Crippen LogP contribution in [0.3, 0.4) is 0 Å². The summed E-state index contributed by atoms with van der Waals surface area (Å²) >= 11 is 5.95. The van der Waals surface area contributed by atoms with Crippen molar-refractivity contribution in [3.8, 4) is 0 Å². The van der Waals surface area contributed by atoms with Gasteiger partial charge in [-0.25, -0.2) is 4.98 Å². The fraction of sp³-hybridized carbons (Fsp3) is 0.286. The zero-order valence-electron chi connectivity index (χ0n) is 11.4. The third-order valence-electron chi connectivity index (χ3n) is 2.81. The molecule has 0 aliphatic heterocycles. The maximum atomic E-state index is 5.95. The van der Waals surface area contributed by atoms with Gasteiger partial charge in [0.2, 0.25) is 5.95 Å². The van der Waals surface area contributed by atoms with Gasteiger partial charge in [0.15, 0.2) is 0 Å². The summed E-state index contributed by atoms with van der Waals surface area (Å²) in [6, 6.07) is 9.32. The fourth-order valence-electron chi connectivity index (χ4n) is 1.76. The summed E-state index contributed by atoms with van der Waals surface area (Å²) in [6.07, 6.45) is 2.66. The Kier molecular flexibility index (Phi) is 5.15. The van der Waals surface area contributed by atoms with Crippen LogP contribution < -0.4 is 16.0 Å². The molecule has 0 aliphatic rings. The van der Waals surface area contributed by atoms with E-state index >= 15 is 0 Å². The van der Waals surface area contributed by atoms with Crippen molar-refractivity contribution in [2.45, 2.75) is 6.42 Å². The Balaban J connectivity index is 2.09. The second-order valence-electron chi connectivity index (χ2n) is 4.44. The van der Waals surface area contributed by atoms with Gasteiger partial charge in [0.25, 0.3) is 0 Å². The van der Waals surface area contributed by atoms with Gasteiger partial charge in [-0.05, 0) is 37.2 Å². The van der Waals surface area contributed by atoms with Crippen LogP contribution in [0.2, 0.25) is 5.02 Å². The molecule has 0 aliphatic carbocycles. The van der Waals surface area contributed by atoms with Crippen molar-refractivity contribution in [3.63, 3.8) is 0 Å². The average molecular weight is 292 g/mol. The summed E-state index contributed by atoms with van der Waals surface area (Å²) in [5, 5.41) is 3.81. The summed E-state index contributed by atoms with van der Waals surface area (Å²) in [6.45, 7) is 1.53. The molecule has 1 aromatic carbocycles. The van der Waals surface area contributed by atoms with E-state index in [0.29, 0.717) is 17.5 Å². The Labute approximate surface area is 123 Å². The Morgan fingerprint density at radius 3 is 2.95 bits per heavy atom. The lowest BCUT2D eigenvalue weighted by atomic mass is 10.3. The second kappa shape index (κ2) is 7.07. The van der Waals surface area contributed by atoms with E-state index in [1.165, 1.54) is 0 Å². The smallest absolute Gasteiger partial charge is 0.229 e. The van der Waals surface area contributed by atoms with E-state index in [1.54, 1.807) is 6.20 Å². The molecule has 5 nitrogen and oxygen atoms in total. The van der Waals surface area contributed by atoms with Gasteiger partial charge in [-0.2, -0.15) is 4.98 Å². The van der Waals surface area contributed by atoms with Crippen molar-refractivity contribution in [3.05, 3.63) is 41.6 Å². The Hall–Kier alpha value is -1.85. The highest BCUT2D eigenvalue weighted by Gasteiger charge is 2.04. The van der Waals surface area contributed by atoms with E-state index in [-0.39, 0.29) is 0 Å². The van der Waals surface area contributed by atoms with Crippen LogP contribution in [0.1, 0.15) is 6.42 Å². The number of hydrogen-bond donors (Lipinski definition) is 2. The minimum absolute atomic E-state index is 0.546. The number of nitrogens with two attached hydrogens (primary N) is 1. The summed E-state index contributed by atoms with van der Waals surface area (Å²) in [4.78, 5) is 10.7. The van der Waals surface area contributed by atoms with Crippen molar-refractivity contribution in [1.82, 2.24) is 9.97 Å². The van der Waals surface area contributed by atoms with Crippen LogP contribution in [0.5, 0.6) is 0 Å². The SMILES string of the molecule is CN(CCCN)c1ccnc(Nc2cccc(Cl)c2)n1.